The molecule has 1 amide bonds. The third kappa shape index (κ3) is 9.81. The number of nitrogens with one attached hydrogen (secondary N) is 1. The van der Waals surface area contributed by atoms with Crippen LogP contribution in [0.5, 0.6) is 0 Å². The summed E-state index contributed by atoms with van der Waals surface area (Å²) in [6.45, 7) is 14.4. The summed E-state index contributed by atoms with van der Waals surface area (Å²) in [5.74, 6) is -5.10. The molecule has 0 radical (unpaired) electrons. The lowest BCUT2D eigenvalue weighted by molar-refractivity contribution is -0.180. The van der Waals surface area contributed by atoms with E-state index < -0.39 is 64.9 Å². The summed E-state index contributed by atoms with van der Waals surface area (Å²) in [5, 5.41) is 11.9. The quantitative estimate of drug-likeness (QED) is 0.0811. The number of alkyl halides is 1. The summed E-state index contributed by atoms with van der Waals surface area (Å²) in [7, 11) is 1.95. The molecule has 12 unspecified atom stereocenters. The largest absolute Gasteiger partial charge is 0.455 e. The van der Waals surface area contributed by atoms with Crippen LogP contribution in [-0.4, -0.2) is 98.8 Å². The fourth-order valence-electron chi connectivity index (χ4n) is 9.64. The molecule has 0 aliphatic carbocycles. The number of halogens is 1. The van der Waals surface area contributed by atoms with Crippen molar-refractivity contribution in [2.75, 3.05) is 19.3 Å². The lowest BCUT2D eigenvalue weighted by Crippen LogP contribution is -2.58. The first-order chi connectivity index (χ1) is 27.4. The van der Waals surface area contributed by atoms with E-state index in [9.17, 15) is 19.2 Å². The molecule has 2 aromatic rings. The first kappa shape index (κ1) is 44.9. The number of esters is 1. The number of hydrogen-bond donors (Lipinski definition) is 2. The maximum atomic E-state index is 16.7. The van der Waals surface area contributed by atoms with E-state index in [0.717, 1.165) is 25.3 Å². The molecule has 0 bridgehead atoms. The molecule has 14 heteroatoms. The van der Waals surface area contributed by atoms with Gasteiger partial charge in [0.2, 0.25) is 0 Å². The highest BCUT2D eigenvalue weighted by Gasteiger charge is 2.60. The summed E-state index contributed by atoms with van der Waals surface area (Å²) < 4.78 is 36.5. The Bertz CT molecular complexity index is 1800. The molecule has 4 heterocycles. The summed E-state index contributed by atoms with van der Waals surface area (Å²) in [4.78, 5) is 57.6. The Morgan fingerprint density at radius 3 is 2.43 bits per heavy atom. The minimum Gasteiger partial charge on any atom is -0.455 e. The smallest absolute Gasteiger partial charge is 0.410 e. The molecule has 5 rings (SSSR count). The van der Waals surface area contributed by atoms with E-state index in [4.69, 9.17) is 19.9 Å². The van der Waals surface area contributed by atoms with Crippen LogP contribution in [0, 0.1) is 29.6 Å². The fraction of sp³-hybridized carbons (Fsp3) is 0.682. The number of amides is 1. The molecular weight excluding hydrogens is 744 g/mol. The van der Waals surface area contributed by atoms with Gasteiger partial charge in [-0.3, -0.25) is 14.3 Å². The third-order valence-electron chi connectivity index (χ3n) is 12.9. The lowest BCUT2D eigenvalue weighted by atomic mass is 9.71. The van der Waals surface area contributed by atoms with Crippen molar-refractivity contribution in [1.29, 1.82) is 0 Å². The molecule has 12 atom stereocenters. The second-order valence-corrected chi connectivity index (χ2v) is 17.4. The molecule has 3 saturated heterocycles. The molecule has 1 aromatic carbocycles. The van der Waals surface area contributed by atoms with Crippen molar-refractivity contribution in [3.05, 3.63) is 42.6 Å². The van der Waals surface area contributed by atoms with Gasteiger partial charge < -0.3 is 30.2 Å². The number of ketones is 2. The van der Waals surface area contributed by atoms with Crippen molar-refractivity contribution in [3.63, 3.8) is 0 Å². The van der Waals surface area contributed by atoms with Crippen LogP contribution in [-0.2, 0) is 35.1 Å². The van der Waals surface area contributed by atoms with Crippen LogP contribution >= 0.6 is 0 Å². The number of cyclic esters (lactones) is 1. The van der Waals surface area contributed by atoms with Crippen LogP contribution in [0.2, 0.25) is 0 Å². The maximum absolute atomic E-state index is 16.7. The Balaban J connectivity index is 1.37. The van der Waals surface area contributed by atoms with Gasteiger partial charge in [-0.05, 0) is 96.7 Å². The second kappa shape index (κ2) is 18.8. The molecule has 0 saturated carbocycles. The summed E-state index contributed by atoms with van der Waals surface area (Å²) in [5.41, 5.74) is 3.64. The Morgan fingerprint density at radius 1 is 1.02 bits per heavy atom. The number of aromatic nitrogens is 3. The van der Waals surface area contributed by atoms with Crippen LogP contribution in [0.25, 0.3) is 11.3 Å². The zero-order chi connectivity index (χ0) is 42.5. The normalized spacial score (nSPS) is 35.4. The summed E-state index contributed by atoms with van der Waals surface area (Å²) in [6.07, 6.45) is 8.17. The van der Waals surface area contributed by atoms with Crippen LogP contribution < -0.4 is 11.1 Å². The van der Waals surface area contributed by atoms with Crippen molar-refractivity contribution in [2.24, 2.45) is 29.6 Å². The van der Waals surface area contributed by atoms with Gasteiger partial charge in [-0.25, -0.2) is 14.0 Å². The maximum Gasteiger partial charge on any atom is 0.410 e. The molecule has 320 valence electrons. The Hall–Kier alpha value is -4.17. The number of hydrogen-bond acceptors (Lipinski definition) is 11. The average molecular weight is 809 g/mol. The number of unbranched alkanes of at least 4 members (excludes halogenated alkanes) is 1. The van der Waals surface area contributed by atoms with Crippen LogP contribution in [0.4, 0.5) is 14.9 Å². The molecule has 3 fully saturated rings. The SMILES string of the molecule is CCC1OC(=O)C(C)(F)C(=O)C(C)C(C=CCC2CC(NC)CC(C)O2)C(C)CC(C)C(=O)C(C)C2N(CCCCn3cc(-c4cccc(N)c4)nn3)C(=O)OC12C. The highest BCUT2D eigenvalue weighted by Crippen LogP contribution is 2.43. The highest BCUT2D eigenvalue weighted by molar-refractivity contribution is 6.07. The highest BCUT2D eigenvalue weighted by atomic mass is 19.1. The number of carbonyl (C=O) groups excluding carboxylic acids is 4. The predicted molar refractivity (Wildman–Crippen MR) is 219 cm³/mol. The number of nitrogens with zero attached hydrogens (tertiary/aromatic N) is 4. The second-order valence-electron chi connectivity index (χ2n) is 17.4. The molecule has 3 aliphatic heterocycles. The van der Waals surface area contributed by atoms with Crippen molar-refractivity contribution in [2.45, 2.75) is 149 Å². The van der Waals surface area contributed by atoms with Crippen LogP contribution in [0.1, 0.15) is 100 Å². The number of nitrogen functional groups attached to an aromatic ring is 1. The molecule has 3 aliphatic rings. The minimum absolute atomic E-state index is 0.0185. The number of anilines is 1. The van der Waals surface area contributed by atoms with Crippen molar-refractivity contribution in [3.8, 4) is 11.3 Å². The first-order valence-corrected chi connectivity index (χ1v) is 21.1. The predicted octanol–water partition coefficient (Wildman–Crippen LogP) is 6.74. The van der Waals surface area contributed by atoms with E-state index in [-0.39, 0.29) is 36.9 Å². The van der Waals surface area contributed by atoms with E-state index in [1.807, 2.05) is 57.4 Å². The number of allylic oxidation sites excluding steroid dienone is 1. The number of fused-ring (bicyclic) bond motifs is 1. The van der Waals surface area contributed by atoms with Gasteiger partial charge >= 0.3 is 12.1 Å². The first-order valence-electron chi connectivity index (χ1n) is 21.1. The third-order valence-corrected chi connectivity index (χ3v) is 12.9. The van der Waals surface area contributed by atoms with Gasteiger partial charge in [0.25, 0.3) is 5.67 Å². The van der Waals surface area contributed by atoms with Crippen molar-refractivity contribution < 1.29 is 37.8 Å². The number of Topliss-reactive ketones (excluding diaryl/α,β-unsaturated/α-hetero) is 2. The zero-order valence-electron chi connectivity index (χ0n) is 35.8. The lowest BCUT2D eigenvalue weighted by Gasteiger charge is -2.41. The minimum atomic E-state index is -2.97. The molecule has 0 spiro atoms. The van der Waals surface area contributed by atoms with Gasteiger partial charge in [0.15, 0.2) is 11.4 Å². The topological polar surface area (TPSA) is 168 Å². The molecule has 58 heavy (non-hydrogen) atoms. The number of rotatable bonds is 11. The van der Waals surface area contributed by atoms with Gasteiger partial charge in [0.05, 0.1) is 24.4 Å². The van der Waals surface area contributed by atoms with Crippen molar-refractivity contribution in [1.82, 2.24) is 25.2 Å². The fourth-order valence-corrected chi connectivity index (χ4v) is 9.64. The molecule has 1 aromatic heterocycles. The molecule has 3 N–H and O–H groups in total. The Kier molecular flexibility index (Phi) is 14.6. The number of ether oxygens (including phenoxy) is 3. The number of benzene rings is 1. The summed E-state index contributed by atoms with van der Waals surface area (Å²) >= 11 is 0. The van der Waals surface area contributed by atoms with Crippen LogP contribution in [0.3, 0.4) is 0 Å². The van der Waals surface area contributed by atoms with Gasteiger partial charge in [-0.1, -0.05) is 64.1 Å². The standard InChI is InChI=1S/C44H65FN6O7/c1-10-37-44(8)39(51(42(55)58-44)20-12-11-19-50-25-36(48-49-50)31-15-13-16-32(46)23-31)30(6)38(52)27(3)21-26(2)35(29(5)40(53)43(7,45)41(54)57-37)18-14-17-34-24-33(47-9)22-28(4)56-34/h13-16,18,23,25-30,33-35,37,39,47H,10-12,17,19-22,24,46H2,1-9H3. The van der Waals surface area contributed by atoms with E-state index in [1.54, 1.807) is 43.3 Å². The van der Waals surface area contributed by atoms with Crippen LogP contribution in [0.15, 0.2) is 42.6 Å². The van der Waals surface area contributed by atoms with Gasteiger partial charge in [-0.2, -0.15) is 0 Å². The van der Waals surface area contributed by atoms with E-state index in [1.165, 1.54) is 0 Å². The van der Waals surface area contributed by atoms with Gasteiger partial charge in [-0.15, -0.1) is 5.10 Å². The number of aryl methyl sites for hydroxylation is 1. The number of nitrogens with two attached hydrogens (primary N) is 1. The number of carbonyl (C=O) groups is 4. The molecule has 13 nitrogen and oxygen atoms in total. The van der Waals surface area contributed by atoms with E-state index >= 15 is 4.39 Å². The Morgan fingerprint density at radius 2 is 1.74 bits per heavy atom. The summed E-state index contributed by atoms with van der Waals surface area (Å²) in [6, 6.07) is 6.91. The van der Waals surface area contributed by atoms with Crippen molar-refractivity contribution >= 4 is 29.3 Å². The van der Waals surface area contributed by atoms with E-state index in [0.29, 0.717) is 49.7 Å². The van der Waals surface area contributed by atoms with Gasteiger partial charge in [0, 0.05) is 48.1 Å². The zero-order valence-corrected chi connectivity index (χ0v) is 35.8. The monoisotopic (exact) mass is 808 g/mol. The molecular formula is C44H65FN6O7. The van der Waals surface area contributed by atoms with Gasteiger partial charge in [0.1, 0.15) is 17.6 Å². The average Bonchev–Trinajstić information content (AvgIpc) is 3.76. The van der Waals surface area contributed by atoms with E-state index in [2.05, 4.69) is 22.6 Å². The Labute approximate surface area is 343 Å².